The molecular weight excluding hydrogens is 320 g/mol. The number of carbonyl (C=O) groups is 1. The van der Waals surface area contributed by atoms with E-state index in [4.69, 9.17) is 4.74 Å². The molecule has 2 aromatic rings. The lowest BCUT2D eigenvalue weighted by Gasteiger charge is -2.21. The van der Waals surface area contributed by atoms with Crippen LogP contribution in [-0.4, -0.2) is 59.0 Å². The fraction of sp³-hybridized carbons (Fsp3) is 0.647. The maximum atomic E-state index is 12.1. The summed E-state index contributed by atoms with van der Waals surface area (Å²) in [7, 11) is 1.65. The Morgan fingerprint density at radius 2 is 2.04 bits per heavy atom. The van der Waals surface area contributed by atoms with Gasteiger partial charge in [0.15, 0.2) is 5.65 Å². The van der Waals surface area contributed by atoms with Crippen LogP contribution in [0.4, 0.5) is 5.82 Å². The average Bonchev–Trinajstić information content (AvgIpc) is 2.84. The number of ether oxygens (including phenoxy) is 1. The summed E-state index contributed by atoms with van der Waals surface area (Å²) in [5, 5.41) is 8.15. The number of hydrogen-bond acceptors (Lipinski definition) is 6. The molecule has 1 saturated heterocycles. The Balaban J connectivity index is 1.71. The second kappa shape index (κ2) is 8.75. The van der Waals surface area contributed by atoms with Crippen molar-refractivity contribution in [1.82, 2.24) is 25.1 Å². The van der Waals surface area contributed by atoms with E-state index in [0.717, 1.165) is 30.7 Å². The molecule has 1 aliphatic heterocycles. The van der Waals surface area contributed by atoms with Crippen LogP contribution in [0.25, 0.3) is 11.0 Å². The number of fused-ring (bicyclic) bond motifs is 1. The van der Waals surface area contributed by atoms with Gasteiger partial charge in [0.05, 0.1) is 11.6 Å². The smallest absolute Gasteiger partial charge is 0.241 e. The number of nitrogens with one attached hydrogen (secondary N) is 1. The third-order valence-electron chi connectivity index (χ3n) is 4.46. The number of nitrogens with zero attached hydrogens (tertiary/aromatic N) is 5. The molecule has 0 aromatic carbocycles. The fourth-order valence-electron chi connectivity index (χ4n) is 3.17. The van der Waals surface area contributed by atoms with E-state index in [1.165, 1.54) is 25.7 Å². The molecule has 0 aliphatic carbocycles. The largest absolute Gasteiger partial charge is 0.385 e. The standard InChI is InChI=1S/C17H26N6O2/c1-25-10-6-7-18-15(24)12-23-17-14(11-21-23)16(19-13-20-17)22-8-4-2-3-5-9-22/h11,13H,2-10,12H2,1H3,(H,18,24). The van der Waals surface area contributed by atoms with E-state index >= 15 is 0 Å². The van der Waals surface area contributed by atoms with Gasteiger partial charge in [-0.3, -0.25) is 4.79 Å². The number of aromatic nitrogens is 4. The van der Waals surface area contributed by atoms with Crippen LogP contribution in [0.2, 0.25) is 0 Å². The number of hydrogen-bond donors (Lipinski definition) is 1. The van der Waals surface area contributed by atoms with Crippen molar-refractivity contribution in [3.63, 3.8) is 0 Å². The van der Waals surface area contributed by atoms with Gasteiger partial charge >= 0.3 is 0 Å². The molecular formula is C17H26N6O2. The van der Waals surface area contributed by atoms with E-state index in [9.17, 15) is 4.79 Å². The monoisotopic (exact) mass is 346 g/mol. The first-order valence-electron chi connectivity index (χ1n) is 8.96. The second-order valence-electron chi connectivity index (χ2n) is 6.33. The highest BCUT2D eigenvalue weighted by Gasteiger charge is 2.17. The second-order valence-corrected chi connectivity index (χ2v) is 6.33. The summed E-state index contributed by atoms with van der Waals surface area (Å²) in [5.74, 6) is 0.856. The molecule has 136 valence electrons. The summed E-state index contributed by atoms with van der Waals surface area (Å²) in [6.45, 7) is 3.42. The summed E-state index contributed by atoms with van der Waals surface area (Å²) < 4.78 is 6.62. The topological polar surface area (TPSA) is 85.2 Å². The van der Waals surface area contributed by atoms with Gasteiger partial charge in [0.1, 0.15) is 18.7 Å². The molecule has 0 saturated carbocycles. The molecule has 2 aromatic heterocycles. The Bertz CT molecular complexity index is 694. The first-order valence-corrected chi connectivity index (χ1v) is 8.96. The van der Waals surface area contributed by atoms with E-state index in [-0.39, 0.29) is 12.5 Å². The lowest BCUT2D eigenvalue weighted by Crippen LogP contribution is -2.29. The summed E-state index contributed by atoms with van der Waals surface area (Å²) >= 11 is 0. The predicted octanol–water partition coefficient (Wildman–Crippen LogP) is 1.36. The Morgan fingerprint density at radius 1 is 1.24 bits per heavy atom. The maximum absolute atomic E-state index is 12.1. The minimum atomic E-state index is -0.0731. The van der Waals surface area contributed by atoms with Crippen molar-refractivity contribution in [2.75, 3.05) is 38.3 Å². The Morgan fingerprint density at radius 3 is 2.80 bits per heavy atom. The zero-order valence-electron chi connectivity index (χ0n) is 14.8. The third-order valence-corrected chi connectivity index (χ3v) is 4.46. The van der Waals surface area contributed by atoms with Gasteiger partial charge in [-0.25, -0.2) is 14.6 Å². The van der Waals surface area contributed by atoms with Gasteiger partial charge in [0, 0.05) is 33.4 Å². The number of methoxy groups -OCH3 is 1. The van der Waals surface area contributed by atoms with Crippen LogP contribution in [0.5, 0.6) is 0 Å². The van der Waals surface area contributed by atoms with Crippen LogP contribution in [0.3, 0.4) is 0 Å². The van der Waals surface area contributed by atoms with Crippen LogP contribution in [0.1, 0.15) is 32.1 Å². The van der Waals surface area contributed by atoms with Crippen LogP contribution in [0, 0.1) is 0 Å². The lowest BCUT2D eigenvalue weighted by molar-refractivity contribution is -0.121. The molecule has 1 N–H and O–H groups in total. The Hall–Kier alpha value is -2.22. The molecule has 1 aliphatic rings. The molecule has 0 unspecified atom stereocenters. The molecule has 0 atom stereocenters. The summed E-state index contributed by atoms with van der Waals surface area (Å²) in [4.78, 5) is 23.2. The predicted molar refractivity (Wildman–Crippen MR) is 95.5 cm³/mol. The van der Waals surface area contributed by atoms with E-state index in [1.807, 2.05) is 0 Å². The molecule has 8 nitrogen and oxygen atoms in total. The molecule has 1 fully saturated rings. The molecule has 8 heteroatoms. The van der Waals surface area contributed by atoms with Gasteiger partial charge in [-0.15, -0.1) is 0 Å². The minimum Gasteiger partial charge on any atom is -0.385 e. The highest BCUT2D eigenvalue weighted by molar-refractivity contribution is 5.87. The average molecular weight is 346 g/mol. The fourth-order valence-corrected chi connectivity index (χ4v) is 3.17. The Labute approximate surface area is 147 Å². The van der Waals surface area contributed by atoms with Gasteiger partial charge in [-0.05, 0) is 19.3 Å². The molecule has 25 heavy (non-hydrogen) atoms. The van der Waals surface area contributed by atoms with Crippen molar-refractivity contribution in [3.8, 4) is 0 Å². The molecule has 1 amide bonds. The third kappa shape index (κ3) is 4.45. The molecule has 0 radical (unpaired) electrons. The Kier molecular flexibility index (Phi) is 6.16. The number of carbonyl (C=O) groups excluding carboxylic acids is 1. The van der Waals surface area contributed by atoms with Gasteiger partial charge in [-0.2, -0.15) is 5.10 Å². The van der Waals surface area contributed by atoms with E-state index in [0.29, 0.717) is 18.8 Å². The van der Waals surface area contributed by atoms with E-state index in [2.05, 4.69) is 25.3 Å². The molecule has 0 bridgehead atoms. The zero-order valence-corrected chi connectivity index (χ0v) is 14.8. The van der Waals surface area contributed by atoms with Crippen LogP contribution in [-0.2, 0) is 16.1 Å². The van der Waals surface area contributed by atoms with Crippen molar-refractivity contribution >= 4 is 22.8 Å². The maximum Gasteiger partial charge on any atom is 0.241 e. The normalized spacial score (nSPS) is 15.3. The van der Waals surface area contributed by atoms with Crippen molar-refractivity contribution in [2.24, 2.45) is 0 Å². The van der Waals surface area contributed by atoms with Gasteiger partial charge in [0.25, 0.3) is 0 Å². The summed E-state index contributed by atoms with van der Waals surface area (Å²) in [5.41, 5.74) is 0.710. The van der Waals surface area contributed by atoms with Crippen LogP contribution >= 0.6 is 0 Å². The lowest BCUT2D eigenvalue weighted by atomic mass is 10.2. The van der Waals surface area contributed by atoms with Gasteiger partial charge < -0.3 is 15.0 Å². The number of anilines is 1. The van der Waals surface area contributed by atoms with Crippen molar-refractivity contribution in [2.45, 2.75) is 38.6 Å². The number of rotatable bonds is 7. The zero-order chi connectivity index (χ0) is 17.5. The SMILES string of the molecule is COCCCNC(=O)Cn1ncc2c(N3CCCCCC3)ncnc21. The van der Waals surface area contributed by atoms with Gasteiger partial charge in [-0.1, -0.05) is 12.8 Å². The van der Waals surface area contributed by atoms with Crippen molar-refractivity contribution < 1.29 is 9.53 Å². The van der Waals surface area contributed by atoms with Crippen molar-refractivity contribution in [1.29, 1.82) is 0 Å². The number of amides is 1. The van der Waals surface area contributed by atoms with E-state index in [1.54, 1.807) is 24.3 Å². The first-order chi connectivity index (χ1) is 12.3. The molecule has 3 heterocycles. The van der Waals surface area contributed by atoms with E-state index < -0.39 is 0 Å². The van der Waals surface area contributed by atoms with Crippen molar-refractivity contribution in [3.05, 3.63) is 12.5 Å². The van der Waals surface area contributed by atoms with Gasteiger partial charge in [0.2, 0.25) is 5.91 Å². The summed E-state index contributed by atoms with van der Waals surface area (Å²) in [6.07, 6.45) is 9.04. The summed E-state index contributed by atoms with van der Waals surface area (Å²) in [6, 6.07) is 0. The first kappa shape index (κ1) is 17.6. The van der Waals surface area contributed by atoms with Crippen LogP contribution < -0.4 is 10.2 Å². The quantitative estimate of drug-likeness (QED) is 0.762. The highest BCUT2D eigenvalue weighted by Crippen LogP contribution is 2.24. The minimum absolute atomic E-state index is 0.0731. The molecule has 0 spiro atoms. The highest BCUT2D eigenvalue weighted by atomic mass is 16.5. The molecule has 3 rings (SSSR count). The van der Waals surface area contributed by atoms with Crippen LogP contribution in [0.15, 0.2) is 12.5 Å².